The predicted molar refractivity (Wildman–Crippen MR) is 96.4 cm³/mol. The Kier molecular flexibility index (Phi) is 6.89. The van der Waals surface area contributed by atoms with E-state index in [0.29, 0.717) is 30.7 Å². The molecule has 140 valence electrons. The van der Waals surface area contributed by atoms with Gasteiger partial charge in [0.15, 0.2) is 0 Å². The zero-order chi connectivity index (χ0) is 19.1. The van der Waals surface area contributed by atoms with Crippen LogP contribution >= 0.6 is 0 Å². The van der Waals surface area contributed by atoms with Crippen molar-refractivity contribution in [1.29, 1.82) is 0 Å². The number of hydrogen-bond donors (Lipinski definition) is 0. The highest BCUT2D eigenvalue weighted by Gasteiger charge is 2.16. The number of amides is 1. The molecular weight excluding hydrogens is 334 g/mol. The Balaban J connectivity index is 1.89. The minimum atomic E-state index is -0.423. The van der Waals surface area contributed by atoms with E-state index < -0.39 is 5.97 Å². The lowest BCUT2D eigenvalue weighted by molar-refractivity contribution is -0.148. The van der Waals surface area contributed by atoms with Crippen molar-refractivity contribution in [3.8, 4) is 11.4 Å². The molecule has 0 saturated carbocycles. The van der Waals surface area contributed by atoms with Gasteiger partial charge in [-0.1, -0.05) is 43.3 Å². The first-order valence-corrected chi connectivity index (χ1v) is 8.73. The van der Waals surface area contributed by atoms with Crippen molar-refractivity contribution in [2.24, 2.45) is 0 Å². The summed E-state index contributed by atoms with van der Waals surface area (Å²) >= 11 is 0. The number of likely N-dealkylation sites (N-methyl/N-ethyl adjacent to an activating group) is 1. The van der Waals surface area contributed by atoms with E-state index in [9.17, 15) is 9.59 Å². The Morgan fingerprint density at radius 2 is 1.92 bits per heavy atom. The van der Waals surface area contributed by atoms with E-state index in [1.165, 1.54) is 10.5 Å². The second-order valence-corrected chi connectivity index (χ2v) is 6.34. The minimum absolute atomic E-state index is 0.0655. The highest BCUT2D eigenvalue weighted by Crippen LogP contribution is 2.20. The molecule has 7 nitrogen and oxygen atoms in total. The maximum Gasteiger partial charge on any atom is 0.325 e. The summed E-state index contributed by atoms with van der Waals surface area (Å²) in [5.41, 5.74) is 2.11. The standard InChI is InChI=1S/C19H25N3O4/c1-5-25-18(24)12-22(4)17(23)11-10-16-20-19(21-26-16)15-8-6-14(7-9-15)13(2)3/h6-9,13H,5,10-12H2,1-4H3. The third-order valence-corrected chi connectivity index (χ3v) is 3.95. The summed E-state index contributed by atoms with van der Waals surface area (Å²) < 4.78 is 10.1. The first kappa shape index (κ1) is 19.6. The van der Waals surface area contributed by atoms with Crippen molar-refractivity contribution in [1.82, 2.24) is 15.0 Å². The van der Waals surface area contributed by atoms with Crippen molar-refractivity contribution in [3.63, 3.8) is 0 Å². The summed E-state index contributed by atoms with van der Waals surface area (Å²) in [4.78, 5) is 29.1. The molecule has 0 aliphatic rings. The van der Waals surface area contributed by atoms with Crippen molar-refractivity contribution in [2.45, 2.75) is 39.5 Å². The number of carbonyl (C=O) groups excluding carboxylic acids is 2. The van der Waals surface area contributed by atoms with Crippen LogP contribution in [0.5, 0.6) is 0 Å². The molecule has 0 unspecified atom stereocenters. The number of hydrogen-bond acceptors (Lipinski definition) is 6. The van der Waals surface area contributed by atoms with Gasteiger partial charge < -0.3 is 14.2 Å². The number of nitrogens with zero attached hydrogens (tertiary/aromatic N) is 3. The largest absolute Gasteiger partial charge is 0.465 e. The summed E-state index contributed by atoms with van der Waals surface area (Å²) in [5.74, 6) is 0.753. The maximum absolute atomic E-state index is 12.1. The van der Waals surface area contributed by atoms with Gasteiger partial charge in [0.2, 0.25) is 17.6 Å². The normalized spacial score (nSPS) is 10.8. The molecule has 0 N–H and O–H groups in total. The number of esters is 1. The lowest BCUT2D eigenvalue weighted by Crippen LogP contribution is -2.33. The van der Waals surface area contributed by atoms with Gasteiger partial charge in [-0.3, -0.25) is 9.59 Å². The van der Waals surface area contributed by atoms with Crippen LogP contribution in [0.15, 0.2) is 28.8 Å². The first-order valence-electron chi connectivity index (χ1n) is 8.73. The van der Waals surface area contributed by atoms with Crippen LogP contribution in [0.4, 0.5) is 0 Å². The van der Waals surface area contributed by atoms with Gasteiger partial charge in [-0.05, 0) is 18.4 Å². The van der Waals surface area contributed by atoms with E-state index in [0.717, 1.165) is 5.56 Å². The van der Waals surface area contributed by atoms with Crippen molar-refractivity contribution < 1.29 is 18.8 Å². The van der Waals surface area contributed by atoms with E-state index in [-0.39, 0.29) is 18.9 Å². The van der Waals surface area contributed by atoms with Crippen molar-refractivity contribution >= 4 is 11.9 Å². The van der Waals surface area contributed by atoms with E-state index in [1.54, 1.807) is 14.0 Å². The highest BCUT2D eigenvalue weighted by atomic mass is 16.5. The topological polar surface area (TPSA) is 85.5 Å². The molecule has 2 aromatic rings. The second-order valence-electron chi connectivity index (χ2n) is 6.34. The van der Waals surface area contributed by atoms with E-state index >= 15 is 0 Å². The van der Waals surface area contributed by atoms with Gasteiger partial charge in [0.05, 0.1) is 6.61 Å². The van der Waals surface area contributed by atoms with E-state index in [2.05, 4.69) is 24.0 Å². The Labute approximate surface area is 153 Å². The summed E-state index contributed by atoms with van der Waals surface area (Å²) in [7, 11) is 1.56. The minimum Gasteiger partial charge on any atom is -0.465 e. The summed E-state index contributed by atoms with van der Waals surface area (Å²) in [6.07, 6.45) is 0.507. The van der Waals surface area contributed by atoms with E-state index in [1.807, 2.05) is 24.3 Å². The molecule has 26 heavy (non-hydrogen) atoms. The quantitative estimate of drug-likeness (QED) is 0.674. The predicted octanol–water partition coefficient (Wildman–Crippen LogP) is 2.81. The molecular formula is C19H25N3O4. The molecule has 0 fully saturated rings. The maximum atomic E-state index is 12.1. The van der Waals surface area contributed by atoms with Crippen LogP contribution in [-0.4, -0.2) is 47.1 Å². The Hall–Kier alpha value is -2.70. The van der Waals surface area contributed by atoms with Gasteiger partial charge in [-0.15, -0.1) is 0 Å². The molecule has 1 aromatic carbocycles. The summed E-state index contributed by atoms with van der Waals surface area (Å²) in [6.45, 7) is 6.23. The van der Waals surface area contributed by atoms with Crippen molar-refractivity contribution in [2.75, 3.05) is 20.2 Å². The molecule has 0 spiro atoms. The molecule has 0 atom stereocenters. The molecule has 0 saturated heterocycles. The van der Waals surface area contributed by atoms with Gasteiger partial charge in [0.25, 0.3) is 0 Å². The zero-order valence-electron chi connectivity index (χ0n) is 15.7. The van der Waals surface area contributed by atoms with Gasteiger partial charge in [-0.25, -0.2) is 0 Å². The van der Waals surface area contributed by atoms with Crippen LogP contribution in [0.3, 0.4) is 0 Å². The van der Waals surface area contributed by atoms with Gasteiger partial charge in [0, 0.05) is 25.5 Å². The molecule has 0 aliphatic carbocycles. The second kappa shape index (κ2) is 9.12. The molecule has 1 aromatic heterocycles. The monoisotopic (exact) mass is 359 g/mol. The molecule has 0 radical (unpaired) electrons. The third-order valence-electron chi connectivity index (χ3n) is 3.95. The molecule has 0 bridgehead atoms. The zero-order valence-corrected chi connectivity index (χ0v) is 15.7. The number of carbonyl (C=O) groups is 2. The number of benzene rings is 1. The molecule has 2 rings (SSSR count). The number of aryl methyl sites for hydroxylation is 1. The van der Waals surface area contributed by atoms with Crippen LogP contribution in [0.2, 0.25) is 0 Å². The smallest absolute Gasteiger partial charge is 0.325 e. The summed E-state index contributed by atoms with van der Waals surface area (Å²) in [6, 6.07) is 8.01. The lowest BCUT2D eigenvalue weighted by atomic mass is 10.0. The SMILES string of the molecule is CCOC(=O)CN(C)C(=O)CCc1nc(-c2ccc(C(C)C)cc2)no1. The average Bonchev–Trinajstić information content (AvgIpc) is 3.08. The van der Waals surface area contributed by atoms with Crippen LogP contribution in [-0.2, 0) is 20.7 Å². The third kappa shape index (κ3) is 5.40. The van der Waals surface area contributed by atoms with Crippen LogP contribution in [0.1, 0.15) is 44.6 Å². The fourth-order valence-electron chi connectivity index (χ4n) is 2.38. The fraction of sp³-hybridized carbons (Fsp3) is 0.474. The fourth-order valence-corrected chi connectivity index (χ4v) is 2.38. The van der Waals surface area contributed by atoms with Gasteiger partial charge >= 0.3 is 5.97 Å². The molecule has 7 heteroatoms. The first-order chi connectivity index (χ1) is 12.4. The van der Waals surface area contributed by atoms with Crippen molar-refractivity contribution in [3.05, 3.63) is 35.7 Å². The van der Waals surface area contributed by atoms with Gasteiger partial charge in [-0.2, -0.15) is 4.98 Å². The molecule has 1 heterocycles. The van der Waals surface area contributed by atoms with E-state index in [4.69, 9.17) is 9.26 Å². The Morgan fingerprint density at radius 3 is 2.54 bits per heavy atom. The number of rotatable bonds is 8. The lowest BCUT2D eigenvalue weighted by Gasteiger charge is -2.15. The molecule has 1 amide bonds. The Morgan fingerprint density at radius 1 is 1.23 bits per heavy atom. The van der Waals surface area contributed by atoms with Crippen LogP contribution in [0.25, 0.3) is 11.4 Å². The van der Waals surface area contributed by atoms with Crippen LogP contribution < -0.4 is 0 Å². The highest BCUT2D eigenvalue weighted by molar-refractivity contribution is 5.81. The number of ether oxygens (including phenoxy) is 1. The average molecular weight is 359 g/mol. The Bertz CT molecular complexity index is 737. The van der Waals surface area contributed by atoms with Crippen LogP contribution in [0, 0.1) is 0 Å². The van der Waals surface area contributed by atoms with Gasteiger partial charge in [0.1, 0.15) is 6.54 Å². The summed E-state index contributed by atoms with van der Waals surface area (Å²) in [5, 5.41) is 3.97. The number of aromatic nitrogens is 2. The molecule has 0 aliphatic heterocycles.